The Balaban J connectivity index is 1.36. The van der Waals surface area contributed by atoms with Crippen LogP contribution in [0.5, 0.6) is 0 Å². The molecule has 11 rings (SSSR count). The van der Waals surface area contributed by atoms with Gasteiger partial charge in [-0.25, -0.2) is 24.9 Å². The SMILES string of the molecule is CCCCC(=O)c1cc2nc(c1)-c1cc(C(=O)CCCN)cc(n1)CN1Cc3ccc(nc3)-c3cccc(n3)CN(Cc3cccc(n3)-c3cccc(n3)C1)C2. The molecule has 0 saturated carbocycles. The second-order valence-corrected chi connectivity index (χ2v) is 14.7. The number of pyridine rings is 6. The van der Waals surface area contributed by atoms with E-state index < -0.39 is 0 Å². The molecule has 6 aromatic rings. The molecule has 0 spiro atoms. The first-order valence-electron chi connectivity index (χ1n) is 19.5. The first-order valence-corrected chi connectivity index (χ1v) is 19.5. The number of aromatic nitrogens is 6. The molecule has 0 radical (unpaired) electrons. The van der Waals surface area contributed by atoms with Crippen molar-refractivity contribution >= 4 is 11.6 Å². The number of hydrogen-bond donors (Lipinski definition) is 1. The number of carbonyl (C=O) groups excluding carboxylic acids is 2. The second-order valence-electron chi connectivity index (χ2n) is 14.7. The van der Waals surface area contributed by atoms with Crippen molar-refractivity contribution in [3.05, 3.63) is 142 Å². The average Bonchev–Trinajstić information content (AvgIpc) is 3.21. The standard InChI is InChI=1S/C45H45N9O2/c1-2-3-14-44(55)31-19-37-29-54-26-34-8-4-11-39(48-34)38-17-16-30(23-47-38)24-53(25-33-9-5-12-40(49-33)41-13-6-10-35(27-54)50-41)28-36-20-32(45(56)15-7-18-46)22-43(51-36)42(21-31)52-37/h4-6,8-13,16-17,19-23H,2-3,7,14-15,18,24-29,46H2,1H3. The van der Waals surface area contributed by atoms with E-state index in [4.69, 9.17) is 35.6 Å². The van der Waals surface area contributed by atoms with E-state index in [2.05, 4.69) is 22.8 Å². The van der Waals surface area contributed by atoms with Gasteiger partial charge in [-0.2, -0.15) is 0 Å². The Hall–Kier alpha value is -5.88. The summed E-state index contributed by atoms with van der Waals surface area (Å²) in [6, 6.07) is 29.7. The number of nitrogens with zero attached hydrogens (tertiary/aromatic N) is 8. The molecule has 56 heavy (non-hydrogen) atoms. The molecule has 11 heteroatoms. The molecule has 5 aliphatic rings. The number of hydrogen-bond acceptors (Lipinski definition) is 11. The van der Waals surface area contributed by atoms with E-state index in [1.54, 1.807) is 0 Å². The van der Waals surface area contributed by atoms with Gasteiger partial charge in [0.1, 0.15) is 0 Å². The Morgan fingerprint density at radius 3 is 1.48 bits per heavy atom. The van der Waals surface area contributed by atoms with Crippen molar-refractivity contribution in [3.8, 4) is 34.2 Å². The number of nitrogens with two attached hydrogens (primary N) is 1. The molecule has 0 aliphatic carbocycles. The zero-order valence-electron chi connectivity index (χ0n) is 31.7. The molecular weight excluding hydrogens is 699 g/mol. The normalized spacial score (nSPS) is 16.2. The summed E-state index contributed by atoms with van der Waals surface area (Å²) >= 11 is 0. The highest BCUT2D eigenvalue weighted by Crippen LogP contribution is 2.27. The van der Waals surface area contributed by atoms with Crippen LogP contribution in [0.15, 0.2) is 97.2 Å². The van der Waals surface area contributed by atoms with E-state index in [9.17, 15) is 9.59 Å². The van der Waals surface area contributed by atoms with Gasteiger partial charge in [0, 0.05) is 69.4 Å². The molecule has 5 aliphatic heterocycles. The highest BCUT2D eigenvalue weighted by molar-refractivity contribution is 5.98. The maximum Gasteiger partial charge on any atom is 0.163 e. The van der Waals surface area contributed by atoms with Gasteiger partial charge in [-0.15, -0.1) is 0 Å². The maximum atomic E-state index is 13.7. The van der Waals surface area contributed by atoms with Gasteiger partial charge in [-0.3, -0.25) is 24.4 Å². The highest BCUT2D eigenvalue weighted by atomic mass is 16.1. The molecule has 0 amide bonds. The van der Waals surface area contributed by atoms with Crippen LogP contribution < -0.4 is 5.73 Å². The summed E-state index contributed by atoms with van der Waals surface area (Å²) < 4.78 is 0. The first-order chi connectivity index (χ1) is 27.4. The minimum Gasteiger partial charge on any atom is -0.330 e. The smallest absolute Gasteiger partial charge is 0.163 e. The molecule has 6 aromatic heterocycles. The van der Waals surface area contributed by atoms with Crippen LogP contribution in [-0.2, 0) is 39.3 Å². The molecule has 2 unspecified atom stereocenters. The monoisotopic (exact) mass is 743 g/mol. The first kappa shape index (κ1) is 37.1. The Bertz CT molecular complexity index is 2380. The zero-order chi connectivity index (χ0) is 38.4. The van der Waals surface area contributed by atoms with Crippen LogP contribution in [0.25, 0.3) is 34.2 Å². The van der Waals surface area contributed by atoms with Crippen LogP contribution in [0.4, 0.5) is 0 Å². The summed E-state index contributed by atoms with van der Waals surface area (Å²) in [7, 11) is 0. The topological polar surface area (TPSA) is 144 Å². The molecule has 11 heterocycles. The minimum atomic E-state index is -0.00828. The van der Waals surface area contributed by atoms with Crippen molar-refractivity contribution < 1.29 is 9.59 Å². The van der Waals surface area contributed by atoms with Crippen molar-refractivity contribution in [3.63, 3.8) is 0 Å². The lowest BCUT2D eigenvalue weighted by Gasteiger charge is -2.23. The van der Waals surface area contributed by atoms with Crippen LogP contribution in [-0.4, -0.2) is 57.8 Å². The zero-order valence-corrected chi connectivity index (χ0v) is 31.7. The summed E-state index contributed by atoms with van der Waals surface area (Å²) in [5.74, 6) is 0.0471. The van der Waals surface area contributed by atoms with Crippen LogP contribution in [0.3, 0.4) is 0 Å². The number of unbranched alkanes of at least 4 members (excludes halogenated alkanes) is 1. The number of ketones is 2. The lowest BCUT2D eigenvalue weighted by molar-refractivity contribution is 0.0972. The van der Waals surface area contributed by atoms with E-state index in [1.807, 2.05) is 91.1 Å². The van der Waals surface area contributed by atoms with Gasteiger partial charge in [0.15, 0.2) is 11.6 Å². The molecule has 2 atom stereocenters. The van der Waals surface area contributed by atoms with Gasteiger partial charge in [0.05, 0.1) is 62.6 Å². The van der Waals surface area contributed by atoms with Crippen LogP contribution in [0, 0.1) is 0 Å². The lowest BCUT2D eigenvalue weighted by atomic mass is 10.0. The fraction of sp³-hybridized carbons (Fsp3) is 0.289. The molecule has 282 valence electrons. The molecule has 0 aromatic carbocycles. The Labute approximate surface area is 327 Å². The quantitative estimate of drug-likeness (QED) is 0.156. The van der Waals surface area contributed by atoms with Gasteiger partial charge < -0.3 is 5.73 Å². The van der Waals surface area contributed by atoms with E-state index in [1.165, 1.54) is 0 Å². The molecule has 11 nitrogen and oxygen atoms in total. The van der Waals surface area contributed by atoms with Crippen LogP contribution >= 0.6 is 0 Å². The molecule has 2 N–H and O–H groups in total. The van der Waals surface area contributed by atoms with Gasteiger partial charge in [-0.05, 0) is 91.7 Å². The summed E-state index contributed by atoms with van der Waals surface area (Å²) in [5, 5.41) is 0. The van der Waals surface area contributed by atoms with E-state index >= 15 is 0 Å². The third kappa shape index (κ3) is 8.81. The third-order valence-electron chi connectivity index (χ3n) is 10.1. The molecule has 0 fully saturated rings. The van der Waals surface area contributed by atoms with Crippen LogP contribution in [0.1, 0.15) is 93.8 Å². The Morgan fingerprint density at radius 2 is 1.00 bits per heavy atom. The predicted octanol–water partition coefficient (Wildman–Crippen LogP) is 7.38. The van der Waals surface area contributed by atoms with Gasteiger partial charge in [-0.1, -0.05) is 37.6 Å². The number of rotatable bonds is 8. The summed E-state index contributed by atoms with van der Waals surface area (Å²) in [6.07, 6.45) is 4.94. The third-order valence-corrected chi connectivity index (χ3v) is 10.1. The number of carbonyl (C=O) groups is 2. The fourth-order valence-corrected chi connectivity index (χ4v) is 7.35. The fourth-order valence-electron chi connectivity index (χ4n) is 7.35. The Morgan fingerprint density at radius 1 is 0.536 bits per heavy atom. The predicted molar refractivity (Wildman–Crippen MR) is 215 cm³/mol. The van der Waals surface area contributed by atoms with E-state index in [0.29, 0.717) is 99.0 Å². The van der Waals surface area contributed by atoms with Gasteiger partial charge in [0.2, 0.25) is 0 Å². The summed E-state index contributed by atoms with van der Waals surface area (Å²) in [4.78, 5) is 62.4. The average molecular weight is 744 g/mol. The maximum absolute atomic E-state index is 13.7. The highest BCUT2D eigenvalue weighted by Gasteiger charge is 2.21. The number of Topliss-reactive ketones (excluding diaryl/α,β-unsaturated/α-hetero) is 2. The molecule has 0 saturated heterocycles. The largest absolute Gasteiger partial charge is 0.330 e. The van der Waals surface area contributed by atoms with Crippen LogP contribution in [0.2, 0.25) is 0 Å². The molecule has 14 bridgehead atoms. The lowest BCUT2D eigenvalue weighted by Crippen LogP contribution is -2.25. The minimum absolute atomic E-state index is 0.00828. The van der Waals surface area contributed by atoms with Crippen molar-refractivity contribution in [2.45, 2.75) is 78.3 Å². The molecular formula is C45H45N9O2. The van der Waals surface area contributed by atoms with E-state index in [-0.39, 0.29) is 11.6 Å². The van der Waals surface area contributed by atoms with E-state index in [0.717, 1.165) is 58.3 Å². The summed E-state index contributed by atoms with van der Waals surface area (Å²) in [6.45, 7) is 5.32. The van der Waals surface area contributed by atoms with Gasteiger partial charge >= 0.3 is 0 Å². The van der Waals surface area contributed by atoms with Crippen molar-refractivity contribution in [2.75, 3.05) is 6.54 Å². The Kier molecular flexibility index (Phi) is 11.2. The van der Waals surface area contributed by atoms with Gasteiger partial charge in [0.25, 0.3) is 0 Å². The second kappa shape index (κ2) is 16.9. The summed E-state index contributed by atoms with van der Waals surface area (Å²) in [5.41, 5.74) is 16.2. The van der Waals surface area contributed by atoms with Crippen molar-refractivity contribution in [2.24, 2.45) is 5.73 Å². The van der Waals surface area contributed by atoms with Crippen molar-refractivity contribution in [1.29, 1.82) is 0 Å². The van der Waals surface area contributed by atoms with Crippen molar-refractivity contribution in [1.82, 2.24) is 39.7 Å².